The summed E-state index contributed by atoms with van der Waals surface area (Å²) in [6.07, 6.45) is 2.17. The fraction of sp³-hybridized carbons (Fsp3) is 0.571. The molecule has 0 fully saturated rings. The maximum Gasteiger partial charge on any atom is 0.416 e. The summed E-state index contributed by atoms with van der Waals surface area (Å²) >= 11 is 0. The van der Waals surface area contributed by atoms with Crippen LogP contribution in [-0.4, -0.2) is 0 Å². The maximum atomic E-state index is 12.5. The number of rotatable bonds is 6. The van der Waals surface area contributed by atoms with Gasteiger partial charge in [0.15, 0.2) is 0 Å². The fourth-order valence-electron chi connectivity index (χ4n) is 1.84. The van der Waals surface area contributed by atoms with Gasteiger partial charge in [0, 0.05) is 0 Å². The number of benzene rings is 1. The minimum absolute atomic E-state index is 0.538. The predicted molar refractivity (Wildman–Crippen MR) is 63.9 cm³/mol. The first-order valence-corrected chi connectivity index (χ1v) is 6.20. The zero-order valence-electron chi connectivity index (χ0n) is 10.2. The van der Waals surface area contributed by atoms with E-state index in [-0.39, 0.29) is 0 Å². The average Bonchev–Trinajstić information content (AvgIpc) is 2.28. The van der Waals surface area contributed by atoms with Gasteiger partial charge < -0.3 is 0 Å². The van der Waals surface area contributed by atoms with E-state index in [4.69, 9.17) is 0 Å². The van der Waals surface area contributed by atoms with Crippen molar-refractivity contribution in [1.29, 1.82) is 0 Å². The summed E-state index contributed by atoms with van der Waals surface area (Å²) in [6.45, 7) is 2.15. The first-order chi connectivity index (χ1) is 8.04. The molecule has 0 aliphatic rings. The van der Waals surface area contributed by atoms with Crippen LogP contribution in [0.25, 0.3) is 0 Å². The summed E-state index contributed by atoms with van der Waals surface area (Å²) in [6, 6.07) is 5.65. The summed E-state index contributed by atoms with van der Waals surface area (Å²) in [4.78, 5) is 0. The van der Waals surface area contributed by atoms with Gasteiger partial charge in [-0.25, -0.2) is 0 Å². The Kier molecular flexibility index (Phi) is 5.52. The van der Waals surface area contributed by atoms with Gasteiger partial charge in [0.25, 0.3) is 0 Å². The lowest BCUT2D eigenvalue weighted by Gasteiger charge is -2.08. The van der Waals surface area contributed by atoms with E-state index in [1.807, 2.05) is 0 Å². The molecule has 0 atom stereocenters. The first kappa shape index (κ1) is 14.1. The number of aryl methyl sites for hydroxylation is 1. The van der Waals surface area contributed by atoms with Crippen molar-refractivity contribution in [3.05, 3.63) is 35.4 Å². The summed E-state index contributed by atoms with van der Waals surface area (Å²) < 4.78 is 37.4. The topological polar surface area (TPSA) is 0 Å². The fourth-order valence-corrected chi connectivity index (χ4v) is 1.84. The van der Waals surface area contributed by atoms with Crippen LogP contribution in [0.1, 0.15) is 50.2 Å². The lowest BCUT2D eigenvalue weighted by atomic mass is 10.0. The van der Waals surface area contributed by atoms with Crippen molar-refractivity contribution in [2.24, 2.45) is 0 Å². The van der Waals surface area contributed by atoms with E-state index < -0.39 is 11.7 Å². The minimum atomic E-state index is -4.22. The molecule has 96 valence electrons. The third-order valence-corrected chi connectivity index (χ3v) is 2.82. The molecule has 0 nitrogen and oxygen atoms in total. The van der Waals surface area contributed by atoms with Crippen molar-refractivity contribution in [3.63, 3.8) is 0 Å². The van der Waals surface area contributed by atoms with Crippen LogP contribution >= 0.6 is 0 Å². The molecule has 3 heteroatoms. The Labute approximate surface area is 101 Å². The van der Waals surface area contributed by atoms with Gasteiger partial charge in [-0.1, -0.05) is 50.8 Å². The molecule has 0 bridgehead atoms. The Morgan fingerprint density at radius 2 is 1.71 bits per heavy atom. The molecule has 0 saturated heterocycles. The number of halogens is 3. The van der Waals surface area contributed by atoms with Gasteiger partial charge in [-0.05, 0) is 24.5 Å². The summed E-state index contributed by atoms with van der Waals surface area (Å²) in [5, 5.41) is 0. The lowest BCUT2D eigenvalue weighted by molar-refractivity contribution is -0.137. The van der Waals surface area contributed by atoms with Crippen LogP contribution in [0.5, 0.6) is 0 Å². The van der Waals surface area contributed by atoms with Gasteiger partial charge in [-0.15, -0.1) is 0 Å². The van der Waals surface area contributed by atoms with Crippen LogP contribution in [-0.2, 0) is 12.6 Å². The van der Waals surface area contributed by atoms with Gasteiger partial charge in [-0.3, -0.25) is 0 Å². The lowest BCUT2D eigenvalue weighted by Crippen LogP contribution is -2.05. The quantitative estimate of drug-likeness (QED) is 0.602. The SMILES string of the molecule is CCCCCCCc1cccc(C(F)(F)F)c1. The second kappa shape index (κ2) is 6.67. The molecule has 0 amide bonds. The second-order valence-electron chi connectivity index (χ2n) is 4.36. The summed E-state index contributed by atoms with van der Waals surface area (Å²) in [5.74, 6) is 0. The number of unbranched alkanes of at least 4 members (excludes halogenated alkanes) is 4. The normalized spacial score (nSPS) is 11.8. The molecule has 0 radical (unpaired) electrons. The van der Waals surface area contributed by atoms with Gasteiger partial charge in [0.2, 0.25) is 0 Å². The smallest absolute Gasteiger partial charge is 0.166 e. The van der Waals surface area contributed by atoms with Crippen LogP contribution in [0.3, 0.4) is 0 Å². The Balaban J connectivity index is 2.44. The molecule has 0 spiro atoms. The van der Waals surface area contributed by atoms with Gasteiger partial charge >= 0.3 is 6.18 Å². The van der Waals surface area contributed by atoms with Crippen molar-refractivity contribution < 1.29 is 13.2 Å². The highest BCUT2D eigenvalue weighted by molar-refractivity contribution is 5.25. The van der Waals surface area contributed by atoms with Crippen molar-refractivity contribution in [3.8, 4) is 0 Å². The standard InChI is InChI=1S/C14H19F3/c1-2-3-4-5-6-8-12-9-7-10-13(11-12)14(15,16)17/h7,9-11H,2-6,8H2,1H3. The number of alkyl halides is 3. The molecule has 0 heterocycles. The third kappa shape index (κ3) is 5.24. The van der Waals surface area contributed by atoms with Crippen LogP contribution in [0.4, 0.5) is 13.2 Å². The van der Waals surface area contributed by atoms with E-state index in [0.717, 1.165) is 30.9 Å². The number of hydrogen-bond donors (Lipinski definition) is 0. The highest BCUT2D eigenvalue weighted by Gasteiger charge is 2.30. The molecule has 0 aliphatic carbocycles. The predicted octanol–water partition coefficient (Wildman–Crippen LogP) is 5.22. The Hall–Kier alpha value is -0.990. The van der Waals surface area contributed by atoms with Crippen LogP contribution in [0.15, 0.2) is 24.3 Å². The maximum absolute atomic E-state index is 12.5. The number of hydrogen-bond acceptors (Lipinski definition) is 0. The highest BCUT2D eigenvalue weighted by atomic mass is 19.4. The van der Waals surface area contributed by atoms with Gasteiger partial charge in [0.1, 0.15) is 0 Å². The largest absolute Gasteiger partial charge is 0.416 e. The molecule has 0 saturated carbocycles. The molecule has 0 N–H and O–H groups in total. The monoisotopic (exact) mass is 244 g/mol. The molecular weight excluding hydrogens is 225 g/mol. The Bertz CT molecular complexity index is 328. The van der Waals surface area contributed by atoms with E-state index in [2.05, 4.69) is 6.92 Å². The summed E-state index contributed by atoms with van der Waals surface area (Å²) in [7, 11) is 0. The second-order valence-corrected chi connectivity index (χ2v) is 4.36. The molecule has 0 aromatic heterocycles. The third-order valence-electron chi connectivity index (χ3n) is 2.82. The molecule has 1 aromatic carbocycles. The van der Waals surface area contributed by atoms with Crippen LogP contribution < -0.4 is 0 Å². The van der Waals surface area contributed by atoms with E-state index in [9.17, 15) is 13.2 Å². The Morgan fingerprint density at radius 1 is 1.00 bits per heavy atom. The van der Waals surface area contributed by atoms with E-state index in [0.29, 0.717) is 0 Å². The molecule has 0 aliphatic heterocycles. The average molecular weight is 244 g/mol. The van der Waals surface area contributed by atoms with Gasteiger partial charge in [-0.2, -0.15) is 13.2 Å². The van der Waals surface area contributed by atoms with Crippen molar-refractivity contribution in [2.45, 2.75) is 51.6 Å². The Morgan fingerprint density at radius 3 is 2.35 bits per heavy atom. The highest BCUT2D eigenvalue weighted by Crippen LogP contribution is 2.29. The minimum Gasteiger partial charge on any atom is -0.166 e. The zero-order valence-corrected chi connectivity index (χ0v) is 10.2. The first-order valence-electron chi connectivity index (χ1n) is 6.20. The van der Waals surface area contributed by atoms with Crippen molar-refractivity contribution in [2.75, 3.05) is 0 Å². The van der Waals surface area contributed by atoms with Crippen LogP contribution in [0.2, 0.25) is 0 Å². The van der Waals surface area contributed by atoms with E-state index in [1.165, 1.54) is 31.4 Å². The van der Waals surface area contributed by atoms with E-state index in [1.54, 1.807) is 6.07 Å². The molecule has 17 heavy (non-hydrogen) atoms. The molecule has 1 rings (SSSR count). The molecular formula is C14H19F3. The van der Waals surface area contributed by atoms with Crippen molar-refractivity contribution >= 4 is 0 Å². The summed E-state index contributed by atoms with van der Waals surface area (Å²) in [5.41, 5.74) is 0.250. The zero-order chi connectivity index (χ0) is 12.7. The molecule has 1 aromatic rings. The van der Waals surface area contributed by atoms with Crippen LogP contribution in [0, 0.1) is 0 Å². The van der Waals surface area contributed by atoms with E-state index >= 15 is 0 Å². The van der Waals surface area contributed by atoms with Crippen molar-refractivity contribution in [1.82, 2.24) is 0 Å². The van der Waals surface area contributed by atoms with Gasteiger partial charge in [0.05, 0.1) is 5.56 Å². The molecule has 0 unspecified atom stereocenters.